The van der Waals surface area contributed by atoms with Gasteiger partial charge in [-0.15, -0.1) is 0 Å². The number of carbonyl (C=O) groups is 2. The Balaban J connectivity index is 2.09. The molecule has 2 aromatic rings. The van der Waals surface area contributed by atoms with E-state index in [0.29, 0.717) is 11.3 Å². The monoisotopic (exact) mass is 373 g/mol. The van der Waals surface area contributed by atoms with E-state index in [1.165, 1.54) is 31.2 Å². The normalized spacial score (nSPS) is 22.1. The Morgan fingerprint density at radius 3 is 2.33 bits per heavy atom. The first-order valence-electron chi connectivity index (χ1n) is 8.45. The van der Waals surface area contributed by atoms with E-state index in [4.69, 9.17) is 0 Å². The van der Waals surface area contributed by atoms with Crippen molar-refractivity contribution in [2.75, 3.05) is 5.32 Å². The van der Waals surface area contributed by atoms with Gasteiger partial charge in [0.25, 0.3) is 0 Å². The number of carbonyl (C=O) groups excluding carboxylic acids is 2. The van der Waals surface area contributed by atoms with Crippen LogP contribution in [0.25, 0.3) is 0 Å². The summed E-state index contributed by atoms with van der Waals surface area (Å²) >= 11 is 0. The van der Waals surface area contributed by atoms with E-state index < -0.39 is 29.8 Å². The predicted octanol–water partition coefficient (Wildman–Crippen LogP) is 4.70. The molecule has 3 rings (SSSR count). The second kappa shape index (κ2) is 7.02. The zero-order valence-electron chi connectivity index (χ0n) is 14.6. The van der Waals surface area contributed by atoms with Gasteiger partial charge in [0.05, 0.1) is 17.9 Å². The zero-order chi connectivity index (χ0) is 19.7. The second-order valence-corrected chi connectivity index (χ2v) is 6.58. The van der Waals surface area contributed by atoms with Crippen LogP contribution in [0, 0.1) is 0 Å². The number of hydrogen-bond acceptors (Lipinski definition) is 3. The Morgan fingerprint density at radius 1 is 1.07 bits per heavy atom. The second-order valence-electron chi connectivity index (χ2n) is 6.58. The molecule has 6 heteroatoms. The minimum atomic E-state index is -4.54. The van der Waals surface area contributed by atoms with Crippen LogP contribution in [0.15, 0.2) is 66.7 Å². The van der Waals surface area contributed by atoms with Crippen molar-refractivity contribution < 1.29 is 22.8 Å². The average molecular weight is 373 g/mol. The van der Waals surface area contributed by atoms with Crippen molar-refractivity contribution in [2.24, 2.45) is 0 Å². The van der Waals surface area contributed by atoms with Crippen LogP contribution < -0.4 is 5.32 Å². The van der Waals surface area contributed by atoms with Crippen LogP contribution in [0.1, 0.15) is 29.3 Å². The first-order chi connectivity index (χ1) is 12.7. The number of ketones is 2. The van der Waals surface area contributed by atoms with Gasteiger partial charge in [0.2, 0.25) is 0 Å². The van der Waals surface area contributed by atoms with Gasteiger partial charge in [0.15, 0.2) is 11.6 Å². The molecule has 3 nitrogen and oxygen atoms in total. The molecule has 0 radical (unpaired) electrons. The molecular weight excluding hydrogens is 355 g/mol. The molecule has 2 atom stereocenters. The third-order valence-electron chi connectivity index (χ3n) is 4.80. The lowest BCUT2D eigenvalue weighted by Gasteiger charge is -2.36. The molecule has 27 heavy (non-hydrogen) atoms. The summed E-state index contributed by atoms with van der Waals surface area (Å²) in [5.74, 6) is -0.823. The molecule has 0 bridgehead atoms. The molecule has 1 aliphatic carbocycles. The van der Waals surface area contributed by atoms with Gasteiger partial charge < -0.3 is 5.32 Å². The Hall–Kier alpha value is -2.89. The van der Waals surface area contributed by atoms with Crippen LogP contribution in [0.4, 0.5) is 18.9 Å². The van der Waals surface area contributed by atoms with E-state index in [1.807, 2.05) is 0 Å². The maximum atomic E-state index is 13.5. The summed E-state index contributed by atoms with van der Waals surface area (Å²) < 4.78 is 40.4. The lowest BCUT2D eigenvalue weighted by molar-refractivity contribution is -0.155. The Kier molecular flexibility index (Phi) is 4.91. The van der Waals surface area contributed by atoms with E-state index in [2.05, 4.69) is 5.32 Å². The van der Waals surface area contributed by atoms with Crippen LogP contribution in [0.2, 0.25) is 0 Å². The topological polar surface area (TPSA) is 46.2 Å². The van der Waals surface area contributed by atoms with Crippen LogP contribution in [-0.4, -0.2) is 23.8 Å². The van der Waals surface area contributed by atoms with Crippen LogP contribution in [0.3, 0.4) is 0 Å². The SMILES string of the molecule is CC(=O)c1ccccc1N[C@@H]1C=CC(=O)[C@]1(CC(F)(F)F)c1ccccc1. The van der Waals surface area contributed by atoms with Gasteiger partial charge in [-0.3, -0.25) is 9.59 Å². The third kappa shape index (κ3) is 3.65. The van der Waals surface area contributed by atoms with Crippen LogP contribution >= 0.6 is 0 Å². The highest BCUT2D eigenvalue weighted by molar-refractivity contribution is 6.04. The summed E-state index contributed by atoms with van der Waals surface area (Å²) in [4.78, 5) is 24.6. The van der Waals surface area contributed by atoms with E-state index in [9.17, 15) is 22.8 Å². The fourth-order valence-corrected chi connectivity index (χ4v) is 3.58. The van der Waals surface area contributed by atoms with Crippen molar-refractivity contribution in [2.45, 2.75) is 31.0 Å². The van der Waals surface area contributed by atoms with Gasteiger partial charge in [0, 0.05) is 11.3 Å². The van der Waals surface area contributed by atoms with Gasteiger partial charge >= 0.3 is 6.18 Å². The molecule has 1 aliphatic rings. The first-order valence-corrected chi connectivity index (χ1v) is 8.45. The molecule has 2 aromatic carbocycles. The average Bonchev–Trinajstić information content (AvgIpc) is 2.91. The van der Waals surface area contributed by atoms with Crippen molar-refractivity contribution in [3.8, 4) is 0 Å². The Labute approximate surface area is 154 Å². The van der Waals surface area contributed by atoms with E-state index in [-0.39, 0.29) is 11.3 Å². The highest BCUT2D eigenvalue weighted by atomic mass is 19.4. The summed E-state index contributed by atoms with van der Waals surface area (Å²) in [7, 11) is 0. The number of para-hydroxylation sites is 1. The Bertz CT molecular complexity index is 890. The zero-order valence-corrected chi connectivity index (χ0v) is 14.6. The minimum absolute atomic E-state index is 0.215. The maximum absolute atomic E-state index is 13.5. The molecule has 0 aliphatic heterocycles. The number of benzene rings is 2. The van der Waals surface area contributed by atoms with E-state index >= 15 is 0 Å². The van der Waals surface area contributed by atoms with Crippen molar-refractivity contribution in [3.63, 3.8) is 0 Å². The smallest absolute Gasteiger partial charge is 0.377 e. The fourth-order valence-electron chi connectivity index (χ4n) is 3.58. The number of rotatable bonds is 5. The number of halogens is 3. The minimum Gasteiger partial charge on any atom is -0.377 e. The predicted molar refractivity (Wildman–Crippen MR) is 96.8 cm³/mol. The molecule has 0 aromatic heterocycles. The number of alkyl halides is 3. The number of anilines is 1. The molecule has 0 amide bonds. The van der Waals surface area contributed by atoms with Gasteiger partial charge in [-0.25, -0.2) is 0 Å². The van der Waals surface area contributed by atoms with Crippen molar-refractivity contribution >= 4 is 17.3 Å². The quantitative estimate of drug-likeness (QED) is 0.773. The number of hydrogen-bond donors (Lipinski definition) is 1. The van der Waals surface area contributed by atoms with E-state index in [0.717, 1.165) is 0 Å². The number of allylic oxidation sites excluding steroid dienone is 1. The molecule has 0 saturated heterocycles. The fraction of sp³-hybridized carbons (Fsp3) is 0.238. The highest BCUT2D eigenvalue weighted by Crippen LogP contribution is 2.44. The summed E-state index contributed by atoms with van der Waals surface area (Å²) in [5.41, 5.74) is -0.769. The maximum Gasteiger partial charge on any atom is 0.390 e. The molecule has 1 N–H and O–H groups in total. The lowest BCUT2D eigenvalue weighted by atomic mass is 9.71. The highest BCUT2D eigenvalue weighted by Gasteiger charge is 2.54. The third-order valence-corrected chi connectivity index (χ3v) is 4.80. The van der Waals surface area contributed by atoms with Crippen molar-refractivity contribution in [1.29, 1.82) is 0 Å². The number of Topliss-reactive ketones (excluding diaryl/α,β-unsaturated/α-hetero) is 1. The molecule has 140 valence electrons. The van der Waals surface area contributed by atoms with Crippen molar-refractivity contribution in [3.05, 3.63) is 77.9 Å². The van der Waals surface area contributed by atoms with Crippen LogP contribution in [-0.2, 0) is 10.2 Å². The lowest BCUT2D eigenvalue weighted by Crippen LogP contribution is -2.48. The van der Waals surface area contributed by atoms with Gasteiger partial charge in [0.1, 0.15) is 0 Å². The van der Waals surface area contributed by atoms with Crippen LogP contribution in [0.5, 0.6) is 0 Å². The summed E-state index contributed by atoms with van der Waals surface area (Å²) in [6.07, 6.45) is -3.21. The summed E-state index contributed by atoms with van der Waals surface area (Å²) in [6.45, 7) is 1.39. The van der Waals surface area contributed by atoms with Crippen molar-refractivity contribution in [1.82, 2.24) is 0 Å². The standard InChI is InChI=1S/C21H18F3NO2/c1-14(26)16-9-5-6-10-17(16)25-18-11-12-19(27)20(18,13-21(22,23)24)15-7-3-2-4-8-15/h2-12,18,25H,13H2,1H3/t18-,20-/m1/s1. The molecule has 0 fully saturated rings. The molecule has 0 unspecified atom stereocenters. The largest absolute Gasteiger partial charge is 0.390 e. The molecule has 0 heterocycles. The summed E-state index contributed by atoms with van der Waals surface area (Å²) in [5, 5.41) is 3.00. The summed E-state index contributed by atoms with van der Waals surface area (Å²) in [6, 6.07) is 13.6. The molecule has 0 saturated carbocycles. The number of nitrogens with one attached hydrogen (secondary N) is 1. The first kappa shape index (κ1) is 18.9. The molecule has 0 spiro atoms. The van der Waals surface area contributed by atoms with Gasteiger partial charge in [-0.2, -0.15) is 13.2 Å². The molecular formula is C21H18F3NO2. The Morgan fingerprint density at radius 2 is 1.70 bits per heavy atom. The van der Waals surface area contributed by atoms with Gasteiger partial charge in [-0.1, -0.05) is 48.5 Å². The van der Waals surface area contributed by atoms with Gasteiger partial charge in [-0.05, 0) is 30.7 Å². The van der Waals surface area contributed by atoms with E-state index in [1.54, 1.807) is 42.5 Å².